The van der Waals surface area contributed by atoms with E-state index in [0.29, 0.717) is 24.9 Å². The summed E-state index contributed by atoms with van der Waals surface area (Å²) in [6, 6.07) is 14.8. The Labute approximate surface area is 186 Å². The normalized spacial score (nSPS) is 23.4. The van der Waals surface area contributed by atoms with Crippen LogP contribution in [-0.4, -0.2) is 41.5 Å². The molecule has 2 bridgehead atoms. The monoisotopic (exact) mass is 428 g/mol. The molecular weight excluding hydrogens is 396 g/mol. The first-order chi connectivity index (χ1) is 14.3. The zero-order valence-electron chi connectivity index (χ0n) is 17.5. The van der Waals surface area contributed by atoms with E-state index in [2.05, 4.69) is 26.6 Å². The molecule has 1 aromatic heterocycles. The number of pyridine rings is 1. The fourth-order valence-corrected chi connectivity index (χ4v) is 4.86. The van der Waals surface area contributed by atoms with Gasteiger partial charge in [-0.15, -0.1) is 12.4 Å². The van der Waals surface area contributed by atoms with Crippen molar-refractivity contribution in [3.63, 3.8) is 0 Å². The van der Waals surface area contributed by atoms with E-state index < -0.39 is 0 Å². The number of benzene rings is 1. The van der Waals surface area contributed by atoms with Crippen molar-refractivity contribution in [1.29, 1.82) is 0 Å². The van der Waals surface area contributed by atoms with Gasteiger partial charge < -0.3 is 10.6 Å². The number of nitrogens with zero attached hydrogens (tertiary/aromatic N) is 2. The number of carbonyl (C=O) groups excluding carboxylic acids is 1. The number of amides is 1. The standard InChI is InChI=1S/C24H32N4O.ClH/c29-24(27-14-19-6-2-1-3-7-19)10-4-9-23-22-12-21(15-26-23)17-28(18-22)16-20-8-5-11-25-13-20;/h1-3,5-8,11,13,21-23,26H,4,9-10,12,14-18H2,(H,27,29);1H/t21-,22-,23+;/m0./s1. The molecule has 2 aromatic rings. The minimum atomic E-state index is 0. The smallest absolute Gasteiger partial charge is 0.220 e. The molecule has 30 heavy (non-hydrogen) atoms. The predicted molar refractivity (Wildman–Crippen MR) is 122 cm³/mol. The van der Waals surface area contributed by atoms with Crippen molar-refractivity contribution in [2.75, 3.05) is 19.6 Å². The average molecular weight is 429 g/mol. The van der Waals surface area contributed by atoms with Crippen LogP contribution in [0.2, 0.25) is 0 Å². The summed E-state index contributed by atoms with van der Waals surface area (Å²) in [4.78, 5) is 19.0. The highest BCUT2D eigenvalue weighted by molar-refractivity contribution is 5.85. The number of aromatic nitrogens is 1. The first kappa shape index (κ1) is 22.7. The second kappa shape index (κ2) is 11.4. The third kappa shape index (κ3) is 6.53. The lowest BCUT2D eigenvalue weighted by Crippen LogP contribution is -2.55. The van der Waals surface area contributed by atoms with Crippen molar-refractivity contribution in [3.05, 3.63) is 66.0 Å². The Balaban J connectivity index is 0.00000256. The van der Waals surface area contributed by atoms with E-state index in [1.165, 1.54) is 18.5 Å². The van der Waals surface area contributed by atoms with E-state index in [4.69, 9.17) is 0 Å². The number of hydrogen-bond donors (Lipinski definition) is 2. The molecule has 0 unspecified atom stereocenters. The predicted octanol–water partition coefficient (Wildman–Crippen LogP) is 3.40. The highest BCUT2D eigenvalue weighted by atomic mass is 35.5. The van der Waals surface area contributed by atoms with Crippen LogP contribution in [0.4, 0.5) is 0 Å². The van der Waals surface area contributed by atoms with E-state index in [0.717, 1.165) is 44.0 Å². The second-order valence-electron chi connectivity index (χ2n) is 8.59. The van der Waals surface area contributed by atoms with Gasteiger partial charge in [0.05, 0.1) is 0 Å². The fraction of sp³-hybridized carbons (Fsp3) is 0.500. The van der Waals surface area contributed by atoms with Gasteiger partial charge in [0.15, 0.2) is 0 Å². The van der Waals surface area contributed by atoms with E-state index in [-0.39, 0.29) is 18.3 Å². The van der Waals surface area contributed by atoms with Crippen LogP contribution in [0.3, 0.4) is 0 Å². The molecule has 2 aliphatic rings. The molecular formula is C24H33ClN4O. The van der Waals surface area contributed by atoms with Gasteiger partial charge in [0, 0.05) is 51.0 Å². The lowest BCUT2D eigenvalue weighted by molar-refractivity contribution is -0.121. The zero-order chi connectivity index (χ0) is 19.9. The first-order valence-electron chi connectivity index (χ1n) is 10.9. The van der Waals surface area contributed by atoms with Gasteiger partial charge in [0.1, 0.15) is 0 Å². The molecule has 6 heteroatoms. The average Bonchev–Trinajstić information content (AvgIpc) is 2.75. The molecule has 4 rings (SSSR count). The van der Waals surface area contributed by atoms with Crippen molar-refractivity contribution in [2.45, 2.75) is 44.8 Å². The molecule has 5 nitrogen and oxygen atoms in total. The number of likely N-dealkylation sites (tertiary alicyclic amines) is 1. The van der Waals surface area contributed by atoms with Crippen LogP contribution < -0.4 is 10.6 Å². The molecule has 2 N–H and O–H groups in total. The third-order valence-corrected chi connectivity index (χ3v) is 6.26. The Bertz CT molecular complexity index is 773. The summed E-state index contributed by atoms with van der Waals surface area (Å²) in [5.41, 5.74) is 2.45. The van der Waals surface area contributed by atoms with Gasteiger partial charge in [0.2, 0.25) is 5.91 Å². The van der Waals surface area contributed by atoms with Gasteiger partial charge in [0.25, 0.3) is 0 Å². The number of piperidine rings is 2. The lowest BCUT2D eigenvalue weighted by atomic mass is 9.79. The van der Waals surface area contributed by atoms with Gasteiger partial charge in [-0.25, -0.2) is 0 Å². The molecule has 162 valence electrons. The highest BCUT2D eigenvalue weighted by Gasteiger charge is 2.36. The summed E-state index contributed by atoms with van der Waals surface area (Å²) in [6.07, 6.45) is 7.78. The number of hydrogen-bond acceptors (Lipinski definition) is 4. The Morgan fingerprint density at radius 3 is 2.77 bits per heavy atom. The van der Waals surface area contributed by atoms with E-state index in [1.54, 1.807) is 0 Å². The zero-order valence-corrected chi connectivity index (χ0v) is 18.3. The molecule has 3 atom stereocenters. The van der Waals surface area contributed by atoms with Crippen LogP contribution in [0, 0.1) is 11.8 Å². The van der Waals surface area contributed by atoms with Gasteiger partial charge >= 0.3 is 0 Å². The maximum absolute atomic E-state index is 12.2. The van der Waals surface area contributed by atoms with Crippen molar-refractivity contribution in [2.24, 2.45) is 11.8 Å². The third-order valence-electron chi connectivity index (χ3n) is 6.26. The molecule has 2 aliphatic heterocycles. The van der Waals surface area contributed by atoms with Crippen molar-refractivity contribution < 1.29 is 4.79 Å². The molecule has 2 saturated heterocycles. The second-order valence-corrected chi connectivity index (χ2v) is 8.59. The van der Waals surface area contributed by atoms with E-state index in [1.807, 2.05) is 48.8 Å². The van der Waals surface area contributed by atoms with Crippen LogP contribution in [0.25, 0.3) is 0 Å². The number of halogens is 1. The van der Waals surface area contributed by atoms with E-state index >= 15 is 0 Å². The number of rotatable bonds is 8. The van der Waals surface area contributed by atoms with Gasteiger partial charge in [-0.1, -0.05) is 36.4 Å². The topological polar surface area (TPSA) is 57.3 Å². The fourth-order valence-electron chi connectivity index (χ4n) is 4.86. The summed E-state index contributed by atoms with van der Waals surface area (Å²) in [5, 5.41) is 6.81. The summed E-state index contributed by atoms with van der Waals surface area (Å²) in [7, 11) is 0. The molecule has 0 saturated carbocycles. The van der Waals surface area contributed by atoms with Gasteiger partial charge in [-0.05, 0) is 54.8 Å². The quantitative estimate of drug-likeness (QED) is 0.676. The van der Waals surface area contributed by atoms with Crippen LogP contribution in [0.1, 0.15) is 36.8 Å². The Morgan fingerprint density at radius 2 is 1.97 bits per heavy atom. The van der Waals surface area contributed by atoms with Crippen LogP contribution >= 0.6 is 12.4 Å². The lowest BCUT2D eigenvalue weighted by Gasteiger charge is -2.46. The minimum absolute atomic E-state index is 0. The maximum Gasteiger partial charge on any atom is 0.220 e. The molecule has 0 aliphatic carbocycles. The summed E-state index contributed by atoms with van der Waals surface area (Å²) < 4.78 is 0. The summed E-state index contributed by atoms with van der Waals surface area (Å²) >= 11 is 0. The van der Waals surface area contributed by atoms with Crippen molar-refractivity contribution in [1.82, 2.24) is 20.5 Å². The summed E-state index contributed by atoms with van der Waals surface area (Å²) in [5.74, 6) is 1.59. The van der Waals surface area contributed by atoms with Crippen LogP contribution in [-0.2, 0) is 17.9 Å². The minimum Gasteiger partial charge on any atom is -0.352 e. The molecule has 1 aromatic carbocycles. The molecule has 2 fully saturated rings. The Hall–Kier alpha value is -1.95. The van der Waals surface area contributed by atoms with Crippen molar-refractivity contribution >= 4 is 18.3 Å². The molecule has 0 radical (unpaired) electrons. The number of carbonyl (C=O) groups is 1. The number of fused-ring (bicyclic) bond motifs is 2. The van der Waals surface area contributed by atoms with Crippen LogP contribution in [0.5, 0.6) is 0 Å². The van der Waals surface area contributed by atoms with E-state index in [9.17, 15) is 4.79 Å². The highest BCUT2D eigenvalue weighted by Crippen LogP contribution is 2.31. The molecule has 3 heterocycles. The largest absolute Gasteiger partial charge is 0.352 e. The summed E-state index contributed by atoms with van der Waals surface area (Å²) in [6.45, 7) is 5.03. The van der Waals surface area contributed by atoms with Gasteiger partial charge in [-0.2, -0.15) is 0 Å². The Morgan fingerprint density at radius 1 is 1.13 bits per heavy atom. The van der Waals surface area contributed by atoms with Gasteiger partial charge in [-0.3, -0.25) is 14.7 Å². The SMILES string of the molecule is Cl.O=C(CCC[C@H]1NC[C@@H]2C[C@H]1CN(Cc1cccnc1)C2)NCc1ccccc1. The van der Waals surface area contributed by atoms with Crippen molar-refractivity contribution in [3.8, 4) is 0 Å². The molecule has 0 spiro atoms. The Kier molecular flexibility index (Phi) is 8.67. The maximum atomic E-state index is 12.2. The molecule has 1 amide bonds. The first-order valence-corrected chi connectivity index (χ1v) is 10.9. The number of nitrogens with one attached hydrogen (secondary N) is 2. The van der Waals surface area contributed by atoms with Crippen LogP contribution in [0.15, 0.2) is 54.9 Å².